The highest BCUT2D eigenvalue weighted by Gasteiger charge is 2.20. The maximum absolute atomic E-state index is 11.9. The molecule has 1 saturated heterocycles. The SMILES string of the molecule is Cc1ncc(S(=O)(=O)NCC2CCCNC2)s1.Cl. The number of thiazole rings is 1. The van der Waals surface area contributed by atoms with Crippen molar-refractivity contribution in [3.8, 4) is 0 Å². The van der Waals surface area contributed by atoms with Crippen molar-refractivity contribution in [3.05, 3.63) is 11.2 Å². The molecule has 1 aromatic rings. The van der Waals surface area contributed by atoms with Gasteiger partial charge in [-0.3, -0.25) is 0 Å². The van der Waals surface area contributed by atoms with Crippen molar-refractivity contribution in [1.82, 2.24) is 15.0 Å². The fourth-order valence-electron chi connectivity index (χ4n) is 1.86. The number of nitrogens with one attached hydrogen (secondary N) is 2. The second-order valence-corrected chi connectivity index (χ2v) is 7.49. The highest BCUT2D eigenvalue weighted by molar-refractivity contribution is 7.91. The summed E-state index contributed by atoms with van der Waals surface area (Å²) in [6.07, 6.45) is 3.62. The molecule has 1 aliphatic heterocycles. The maximum Gasteiger partial charge on any atom is 0.251 e. The molecule has 0 spiro atoms. The molecule has 1 aromatic heterocycles. The summed E-state index contributed by atoms with van der Waals surface area (Å²) in [7, 11) is -3.36. The molecule has 104 valence electrons. The Kier molecular flexibility index (Phi) is 6.00. The van der Waals surface area contributed by atoms with Gasteiger partial charge < -0.3 is 5.32 Å². The van der Waals surface area contributed by atoms with Gasteiger partial charge in [0.15, 0.2) is 4.21 Å². The summed E-state index contributed by atoms with van der Waals surface area (Å²) in [5.74, 6) is 0.396. The molecular weight excluding hydrogens is 294 g/mol. The lowest BCUT2D eigenvalue weighted by atomic mass is 10.0. The van der Waals surface area contributed by atoms with Crippen molar-refractivity contribution in [2.75, 3.05) is 19.6 Å². The van der Waals surface area contributed by atoms with Gasteiger partial charge in [0.05, 0.1) is 11.2 Å². The fraction of sp³-hybridized carbons (Fsp3) is 0.700. The Morgan fingerprint density at radius 2 is 2.39 bits per heavy atom. The largest absolute Gasteiger partial charge is 0.316 e. The summed E-state index contributed by atoms with van der Waals surface area (Å²) in [6.45, 7) is 4.24. The predicted molar refractivity (Wildman–Crippen MR) is 74.9 cm³/mol. The van der Waals surface area contributed by atoms with Crippen LogP contribution in [0.2, 0.25) is 0 Å². The topological polar surface area (TPSA) is 71.1 Å². The van der Waals surface area contributed by atoms with Crippen LogP contribution in [0.4, 0.5) is 0 Å². The predicted octanol–water partition coefficient (Wildman–Crippen LogP) is 1.15. The Bertz CT molecular complexity index is 469. The Labute approximate surface area is 118 Å². The van der Waals surface area contributed by atoms with Crippen LogP contribution in [-0.2, 0) is 10.0 Å². The van der Waals surface area contributed by atoms with Crippen LogP contribution in [0.25, 0.3) is 0 Å². The molecule has 8 heteroatoms. The van der Waals surface area contributed by atoms with Gasteiger partial charge in [-0.2, -0.15) is 0 Å². The van der Waals surface area contributed by atoms with E-state index in [0.29, 0.717) is 16.7 Å². The van der Waals surface area contributed by atoms with Crippen LogP contribution >= 0.6 is 23.7 Å². The van der Waals surface area contributed by atoms with Crippen LogP contribution in [0.1, 0.15) is 17.8 Å². The molecule has 0 aromatic carbocycles. The standard InChI is InChI=1S/C10H17N3O2S2.ClH/c1-8-12-7-10(16-8)17(14,15)13-6-9-3-2-4-11-5-9;/h7,9,11,13H,2-6H2,1H3;1H. The molecule has 2 heterocycles. The van der Waals surface area contributed by atoms with Gasteiger partial charge >= 0.3 is 0 Å². The van der Waals surface area contributed by atoms with Gasteiger partial charge in [0, 0.05) is 6.54 Å². The van der Waals surface area contributed by atoms with Crippen LogP contribution < -0.4 is 10.0 Å². The zero-order chi connectivity index (χ0) is 12.3. The third-order valence-corrected chi connectivity index (χ3v) is 5.62. The maximum atomic E-state index is 11.9. The van der Waals surface area contributed by atoms with Gasteiger partial charge in [-0.05, 0) is 38.8 Å². The average Bonchev–Trinajstić information content (AvgIpc) is 2.76. The summed E-state index contributed by atoms with van der Waals surface area (Å²) >= 11 is 1.20. The van der Waals surface area contributed by atoms with E-state index in [2.05, 4.69) is 15.0 Å². The van der Waals surface area contributed by atoms with Crippen molar-refractivity contribution in [2.45, 2.75) is 24.0 Å². The van der Waals surface area contributed by atoms with E-state index in [4.69, 9.17) is 0 Å². The third kappa shape index (κ3) is 4.17. The smallest absolute Gasteiger partial charge is 0.251 e. The molecule has 0 bridgehead atoms. The number of aryl methyl sites for hydroxylation is 1. The number of aromatic nitrogens is 1. The highest BCUT2D eigenvalue weighted by atomic mass is 35.5. The fourth-order valence-corrected chi connectivity index (χ4v) is 4.13. The first-order valence-electron chi connectivity index (χ1n) is 5.71. The molecule has 18 heavy (non-hydrogen) atoms. The molecule has 2 rings (SSSR count). The van der Waals surface area contributed by atoms with Crippen LogP contribution in [0, 0.1) is 12.8 Å². The molecule has 2 N–H and O–H groups in total. The quantitative estimate of drug-likeness (QED) is 0.875. The minimum Gasteiger partial charge on any atom is -0.316 e. The number of piperidine rings is 1. The molecule has 1 aliphatic rings. The Balaban J connectivity index is 0.00000162. The number of sulfonamides is 1. The van der Waals surface area contributed by atoms with E-state index < -0.39 is 10.0 Å². The van der Waals surface area contributed by atoms with Crippen LogP contribution in [0.15, 0.2) is 10.4 Å². The lowest BCUT2D eigenvalue weighted by Gasteiger charge is -2.22. The van der Waals surface area contributed by atoms with E-state index in [9.17, 15) is 8.42 Å². The molecule has 1 fully saturated rings. The van der Waals surface area contributed by atoms with Gasteiger partial charge in [-0.15, -0.1) is 23.7 Å². The van der Waals surface area contributed by atoms with Gasteiger partial charge in [-0.1, -0.05) is 0 Å². The zero-order valence-electron chi connectivity index (χ0n) is 10.2. The zero-order valence-corrected chi connectivity index (χ0v) is 12.6. The molecule has 1 atom stereocenters. The van der Waals surface area contributed by atoms with Crippen LogP contribution in [0.3, 0.4) is 0 Å². The van der Waals surface area contributed by atoms with Gasteiger partial charge in [-0.25, -0.2) is 18.1 Å². The molecule has 0 aliphatic carbocycles. The van der Waals surface area contributed by atoms with Gasteiger partial charge in [0.25, 0.3) is 10.0 Å². The number of hydrogen-bond acceptors (Lipinski definition) is 5. The first-order chi connectivity index (χ1) is 8.08. The third-order valence-electron chi connectivity index (χ3n) is 2.83. The first kappa shape index (κ1) is 15.8. The molecule has 0 radical (unpaired) electrons. The monoisotopic (exact) mass is 311 g/mol. The minimum absolute atomic E-state index is 0. The van der Waals surface area contributed by atoms with E-state index in [1.807, 2.05) is 0 Å². The van der Waals surface area contributed by atoms with Gasteiger partial charge in [0.2, 0.25) is 0 Å². The highest BCUT2D eigenvalue weighted by Crippen LogP contribution is 2.18. The molecular formula is C10H18ClN3O2S2. The normalized spacial score (nSPS) is 20.4. The van der Waals surface area contributed by atoms with E-state index >= 15 is 0 Å². The number of halogens is 1. The molecule has 5 nitrogen and oxygen atoms in total. The van der Waals surface area contributed by atoms with Crippen LogP contribution in [-0.4, -0.2) is 33.0 Å². The lowest BCUT2D eigenvalue weighted by molar-refractivity contribution is 0.376. The van der Waals surface area contributed by atoms with Crippen molar-refractivity contribution < 1.29 is 8.42 Å². The second-order valence-electron chi connectivity index (χ2n) is 4.26. The van der Waals surface area contributed by atoms with E-state index in [-0.39, 0.29) is 12.4 Å². The average molecular weight is 312 g/mol. The minimum atomic E-state index is -3.36. The summed E-state index contributed by atoms with van der Waals surface area (Å²) in [5.41, 5.74) is 0. The summed E-state index contributed by atoms with van der Waals surface area (Å²) in [4.78, 5) is 3.96. The number of hydrogen-bond donors (Lipinski definition) is 2. The van der Waals surface area contributed by atoms with Crippen molar-refractivity contribution in [2.24, 2.45) is 5.92 Å². The number of rotatable bonds is 4. The van der Waals surface area contributed by atoms with E-state index in [1.54, 1.807) is 6.92 Å². The first-order valence-corrected chi connectivity index (χ1v) is 8.01. The Hall–Kier alpha value is -0.210. The summed E-state index contributed by atoms with van der Waals surface area (Å²) in [6, 6.07) is 0. The lowest BCUT2D eigenvalue weighted by Crippen LogP contribution is -2.37. The summed E-state index contributed by atoms with van der Waals surface area (Å²) in [5, 5.41) is 4.04. The number of nitrogens with zero attached hydrogens (tertiary/aromatic N) is 1. The van der Waals surface area contributed by atoms with E-state index in [1.165, 1.54) is 17.5 Å². The van der Waals surface area contributed by atoms with Gasteiger partial charge in [0.1, 0.15) is 0 Å². The second kappa shape index (κ2) is 6.81. The molecule has 0 amide bonds. The Morgan fingerprint density at radius 3 is 2.94 bits per heavy atom. The Morgan fingerprint density at radius 1 is 1.61 bits per heavy atom. The molecule has 1 unspecified atom stereocenters. The van der Waals surface area contributed by atoms with Crippen LogP contribution in [0.5, 0.6) is 0 Å². The van der Waals surface area contributed by atoms with E-state index in [0.717, 1.165) is 30.9 Å². The summed E-state index contributed by atoms with van der Waals surface area (Å²) < 4.78 is 26.8. The van der Waals surface area contributed by atoms with Crippen molar-refractivity contribution in [1.29, 1.82) is 0 Å². The van der Waals surface area contributed by atoms with Crippen molar-refractivity contribution >= 4 is 33.8 Å². The van der Waals surface area contributed by atoms with Crippen molar-refractivity contribution in [3.63, 3.8) is 0 Å². The molecule has 0 saturated carbocycles.